The first-order chi connectivity index (χ1) is 17.3. The lowest BCUT2D eigenvalue weighted by molar-refractivity contribution is -0.141. The first-order valence-electron chi connectivity index (χ1n) is 12.4. The maximum Gasteiger partial charge on any atom is 0.247 e. The van der Waals surface area contributed by atoms with Crippen molar-refractivity contribution in [1.29, 1.82) is 0 Å². The van der Waals surface area contributed by atoms with Crippen LogP contribution < -0.4 is 10.1 Å². The van der Waals surface area contributed by atoms with Gasteiger partial charge in [0.15, 0.2) is 0 Å². The number of nitrogens with one attached hydrogen (secondary N) is 1. The van der Waals surface area contributed by atoms with Gasteiger partial charge in [0.05, 0.1) is 22.3 Å². The van der Waals surface area contributed by atoms with Crippen molar-refractivity contribution in [1.82, 2.24) is 10.2 Å². The molecule has 1 aliphatic carbocycles. The summed E-state index contributed by atoms with van der Waals surface area (Å²) in [6, 6.07) is 6.65. The molecule has 0 spiro atoms. The van der Waals surface area contributed by atoms with Crippen LogP contribution in [0.3, 0.4) is 0 Å². The quantitative estimate of drug-likeness (QED) is 0.308. The summed E-state index contributed by atoms with van der Waals surface area (Å²) in [7, 11) is 0. The summed E-state index contributed by atoms with van der Waals surface area (Å²) in [4.78, 5) is 39.3. The third-order valence-corrected chi connectivity index (χ3v) is 7.27. The van der Waals surface area contributed by atoms with Crippen LogP contribution in [0.1, 0.15) is 45.4 Å². The Morgan fingerprint density at radius 1 is 1.25 bits per heavy atom. The Kier molecular flexibility index (Phi) is 11.1. The smallest absolute Gasteiger partial charge is 0.247 e. The highest BCUT2D eigenvalue weighted by Gasteiger charge is 2.41. The summed E-state index contributed by atoms with van der Waals surface area (Å²) < 4.78 is 12.8. The molecule has 0 aromatic heterocycles. The normalized spacial score (nSPS) is 23.6. The van der Waals surface area contributed by atoms with E-state index in [2.05, 4.69) is 27.9 Å². The van der Waals surface area contributed by atoms with Gasteiger partial charge >= 0.3 is 0 Å². The van der Waals surface area contributed by atoms with E-state index in [0.717, 1.165) is 16.4 Å². The average molecular weight is 614 g/mol. The molecule has 1 aromatic rings. The van der Waals surface area contributed by atoms with Crippen LogP contribution in [-0.4, -0.2) is 83.4 Å². The third kappa shape index (κ3) is 7.99. The molecule has 2 aliphatic rings. The Hall–Kier alpha value is -2.02. The van der Waals surface area contributed by atoms with E-state index in [4.69, 9.17) is 14.6 Å². The van der Waals surface area contributed by atoms with E-state index >= 15 is 0 Å². The van der Waals surface area contributed by atoms with E-state index in [0.29, 0.717) is 37.3 Å². The lowest BCUT2D eigenvalue weighted by atomic mass is 9.87. The van der Waals surface area contributed by atoms with Crippen LogP contribution in [0.15, 0.2) is 35.9 Å². The largest absolute Gasteiger partial charge is 0.482 e. The lowest BCUT2D eigenvalue weighted by Crippen LogP contribution is -2.56. The number of aliphatic hydroxyl groups excluding tert-OH is 2. The van der Waals surface area contributed by atoms with E-state index in [1.807, 2.05) is 18.2 Å². The molecule has 9 nitrogen and oxygen atoms in total. The molecule has 4 atom stereocenters. The molecule has 3 rings (SSSR count). The number of amides is 2. The minimum absolute atomic E-state index is 0.0166. The molecule has 0 radical (unpaired) electrons. The monoisotopic (exact) mass is 614 g/mol. The van der Waals surface area contributed by atoms with E-state index in [1.165, 1.54) is 6.92 Å². The highest BCUT2D eigenvalue weighted by Crippen LogP contribution is 2.31. The zero-order chi connectivity index (χ0) is 26.1. The number of Topliss-reactive ketones (excluding diaryl/α,β-unsaturated/α-hetero) is 1. The number of ketones is 1. The van der Waals surface area contributed by atoms with Crippen molar-refractivity contribution >= 4 is 40.2 Å². The van der Waals surface area contributed by atoms with Crippen LogP contribution in [0.2, 0.25) is 0 Å². The standard InChI is InChI=1S/C26H35IN2O7/c1-17(31)6-4-10-24(32)29(16-19-7-5-13-35-19)21-14-18(26(34)28-11-12-30)15-23(25(21)33)36-22-9-3-2-8-20(22)27/h2-3,8-9,15,19,21,23,25,30,33H,4-7,10-14,16H2,1H3,(H,28,34). The van der Waals surface area contributed by atoms with Crippen molar-refractivity contribution in [2.45, 2.75) is 69.8 Å². The summed E-state index contributed by atoms with van der Waals surface area (Å²) in [5.41, 5.74) is 0.378. The van der Waals surface area contributed by atoms with Gasteiger partial charge in [-0.2, -0.15) is 0 Å². The first kappa shape index (κ1) is 28.5. The number of nitrogens with zero attached hydrogens (tertiary/aromatic N) is 1. The number of para-hydroxylation sites is 1. The molecule has 0 bridgehead atoms. The molecule has 36 heavy (non-hydrogen) atoms. The molecular weight excluding hydrogens is 579 g/mol. The van der Waals surface area contributed by atoms with E-state index in [9.17, 15) is 19.5 Å². The number of carbonyl (C=O) groups excluding carboxylic acids is 3. The number of benzene rings is 1. The Labute approximate surface area is 225 Å². The number of carbonyl (C=O) groups is 3. The van der Waals surface area contributed by atoms with Gasteiger partial charge < -0.3 is 34.7 Å². The minimum Gasteiger partial charge on any atom is -0.482 e. The summed E-state index contributed by atoms with van der Waals surface area (Å²) in [6.45, 7) is 2.30. The van der Waals surface area contributed by atoms with Crippen LogP contribution in [-0.2, 0) is 19.1 Å². The zero-order valence-electron chi connectivity index (χ0n) is 20.5. The third-order valence-electron chi connectivity index (χ3n) is 6.38. The van der Waals surface area contributed by atoms with E-state index in [-0.39, 0.29) is 49.7 Å². The van der Waals surface area contributed by atoms with Crippen molar-refractivity contribution in [2.75, 3.05) is 26.3 Å². The highest BCUT2D eigenvalue weighted by atomic mass is 127. The second kappa shape index (κ2) is 14.1. The first-order valence-corrected chi connectivity index (χ1v) is 13.5. The molecule has 0 saturated carbocycles. The number of aliphatic hydroxyl groups is 2. The van der Waals surface area contributed by atoms with E-state index < -0.39 is 18.2 Å². The fourth-order valence-electron chi connectivity index (χ4n) is 4.53. The number of hydrogen-bond donors (Lipinski definition) is 3. The number of ether oxygens (including phenoxy) is 2. The zero-order valence-corrected chi connectivity index (χ0v) is 22.7. The molecule has 198 valence electrons. The molecule has 1 saturated heterocycles. The van der Waals surface area contributed by atoms with Gasteiger partial charge in [-0.3, -0.25) is 9.59 Å². The van der Waals surface area contributed by atoms with Crippen LogP contribution in [0.5, 0.6) is 5.75 Å². The Balaban J connectivity index is 1.89. The van der Waals surface area contributed by atoms with Gasteiger partial charge in [-0.15, -0.1) is 0 Å². The van der Waals surface area contributed by atoms with Crippen molar-refractivity contribution in [3.63, 3.8) is 0 Å². The Morgan fingerprint density at radius 2 is 2.03 bits per heavy atom. The van der Waals surface area contributed by atoms with Crippen molar-refractivity contribution < 1.29 is 34.1 Å². The number of halogens is 1. The maximum atomic E-state index is 13.4. The fourth-order valence-corrected chi connectivity index (χ4v) is 5.04. The highest BCUT2D eigenvalue weighted by molar-refractivity contribution is 14.1. The summed E-state index contributed by atoms with van der Waals surface area (Å²) in [5, 5.41) is 23.2. The SMILES string of the molecule is CC(=O)CCCC(=O)N(CC1CCCO1)C1CC(C(=O)NCCO)=CC(Oc2ccccc2I)C1O. The molecule has 3 N–H and O–H groups in total. The van der Waals surface area contributed by atoms with Crippen molar-refractivity contribution in [2.24, 2.45) is 0 Å². The summed E-state index contributed by atoms with van der Waals surface area (Å²) in [6.07, 6.45) is 2.21. The molecule has 1 heterocycles. The second-order valence-corrected chi connectivity index (χ2v) is 10.3. The van der Waals surface area contributed by atoms with Gasteiger partial charge in [-0.25, -0.2) is 0 Å². The summed E-state index contributed by atoms with van der Waals surface area (Å²) in [5.74, 6) is 0.00904. The van der Waals surface area contributed by atoms with E-state index in [1.54, 1.807) is 17.0 Å². The minimum atomic E-state index is -1.09. The fraction of sp³-hybridized carbons (Fsp3) is 0.577. The summed E-state index contributed by atoms with van der Waals surface area (Å²) >= 11 is 2.14. The van der Waals surface area contributed by atoms with Crippen molar-refractivity contribution in [3.8, 4) is 5.75 Å². The maximum absolute atomic E-state index is 13.4. The molecular formula is C26H35IN2O7. The van der Waals surface area contributed by atoms with Gasteiger partial charge in [0.25, 0.3) is 0 Å². The molecule has 1 aliphatic heterocycles. The van der Waals surface area contributed by atoms with Crippen LogP contribution in [0.25, 0.3) is 0 Å². The van der Waals surface area contributed by atoms with Gasteiger partial charge in [0.1, 0.15) is 23.7 Å². The Bertz CT molecular complexity index is 948. The molecule has 10 heteroatoms. The van der Waals surface area contributed by atoms with Crippen LogP contribution in [0, 0.1) is 3.57 Å². The van der Waals surface area contributed by atoms with Gasteiger partial charge in [0.2, 0.25) is 11.8 Å². The topological polar surface area (TPSA) is 125 Å². The van der Waals surface area contributed by atoms with Gasteiger partial charge in [0, 0.05) is 44.5 Å². The van der Waals surface area contributed by atoms with Crippen LogP contribution >= 0.6 is 22.6 Å². The average Bonchev–Trinajstić information content (AvgIpc) is 3.37. The number of rotatable bonds is 12. The number of hydrogen-bond acceptors (Lipinski definition) is 7. The Morgan fingerprint density at radius 3 is 2.69 bits per heavy atom. The predicted molar refractivity (Wildman–Crippen MR) is 141 cm³/mol. The predicted octanol–water partition coefficient (Wildman–Crippen LogP) is 1.97. The van der Waals surface area contributed by atoms with Gasteiger partial charge in [-0.05, 0) is 67.0 Å². The van der Waals surface area contributed by atoms with Crippen LogP contribution in [0.4, 0.5) is 0 Å². The van der Waals surface area contributed by atoms with Gasteiger partial charge in [-0.1, -0.05) is 12.1 Å². The van der Waals surface area contributed by atoms with Crippen molar-refractivity contribution in [3.05, 3.63) is 39.5 Å². The molecule has 1 fully saturated rings. The second-order valence-electron chi connectivity index (χ2n) is 9.18. The molecule has 4 unspecified atom stereocenters. The lowest BCUT2D eigenvalue weighted by Gasteiger charge is -2.41. The molecule has 2 amide bonds. The molecule has 1 aromatic carbocycles.